The Bertz CT molecular complexity index is 612. The van der Waals surface area contributed by atoms with Gasteiger partial charge >= 0.3 is 0 Å². The van der Waals surface area contributed by atoms with E-state index in [0.717, 1.165) is 24.4 Å². The van der Waals surface area contributed by atoms with E-state index in [9.17, 15) is 0 Å². The van der Waals surface area contributed by atoms with Crippen LogP contribution in [0.15, 0.2) is 42.5 Å². The van der Waals surface area contributed by atoms with Crippen LogP contribution in [0.25, 0.3) is 0 Å². The second-order valence-corrected chi connectivity index (χ2v) is 4.70. The summed E-state index contributed by atoms with van der Waals surface area (Å²) < 4.78 is 5.13. The van der Waals surface area contributed by atoms with Gasteiger partial charge in [-0.25, -0.2) is 0 Å². The highest BCUT2D eigenvalue weighted by Crippen LogP contribution is 2.12. The van der Waals surface area contributed by atoms with Gasteiger partial charge in [-0.1, -0.05) is 18.2 Å². The Hall–Kier alpha value is -2.31. The SMILES string of the molecule is COc1ccc(CNCc2ccc(C#N)cc2C)cc1. The molecular weight excluding hydrogens is 248 g/mol. The van der Waals surface area contributed by atoms with Crippen LogP contribution in [0.4, 0.5) is 0 Å². The predicted octanol–water partition coefficient (Wildman–Crippen LogP) is 3.17. The third-order valence-corrected chi connectivity index (χ3v) is 3.28. The fourth-order valence-corrected chi connectivity index (χ4v) is 2.05. The first kappa shape index (κ1) is 14.1. The fraction of sp³-hybridized carbons (Fsp3) is 0.235. The van der Waals surface area contributed by atoms with Crippen LogP contribution in [0.5, 0.6) is 5.75 Å². The third kappa shape index (κ3) is 3.59. The molecule has 3 nitrogen and oxygen atoms in total. The van der Waals surface area contributed by atoms with Gasteiger partial charge < -0.3 is 10.1 Å². The largest absolute Gasteiger partial charge is 0.497 e. The Kier molecular flexibility index (Phi) is 4.75. The number of methoxy groups -OCH3 is 1. The maximum absolute atomic E-state index is 8.84. The van der Waals surface area contributed by atoms with Gasteiger partial charge in [-0.2, -0.15) is 5.26 Å². The molecule has 0 heterocycles. The molecule has 3 heteroatoms. The van der Waals surface area contributed by atoms with Crippen molar-refractivity contribution in [3.63, 3.8) is 0 Å². The van der Waals surface area contributed by atoms with Gasteiger partial charge in [-0.3, -0.25) is 0 Å². The Morgan fingerprint density at radius 3 is 2.45 bits per heavy atom. The van der Waals surface area contributed by atoms with E-state index in [1.54, 1.807) is 7.11 Å². The van der Waals surface area contributed by atoms with Gasteiger partial charge in [0.2, 0.25) is 0 Å². The molecule has 0 amide bonds. The van der Waals surface area contributed by atoms with Gasteiger partial charge in [0, 0.05) is 13.1 Å². The van der Waals surface area contributed by atoms with E-state index in [2.05, 4.69) is 23.5 Å². The summed E-state index contributed by atoms with van der Waals surface area (Å²) in [4.78, 5) is 0. The number of nitriles is 1. The summed E-state index contributed by atoms with van der Waals surface area (Å²) in [7, 11) is 1.67. The van der Waals surface area contributed by atoms with Crippen LogP contribution < -0.4 is 10.1 Å². The van der Waals surface area contributed by atoms with E-state index in [0.29, 0.717) is 5.56 Å². The molecule has 20 heavy (non-hydrogen) atoms. The Morgan fingerprint density at radius 2 is 1.85 bits per heavy atom. The molecule has 0 aliphatic heterocycles. The van der Waals surface area contributed by atoms with E-state index in [1.807, 2.05) is 37.3 Å². The molecule has 0 atom stereocenters. The molecular formula is C17H18N2O. The van der Waals surface area contributed by atoms with E-state index < -0.39 is 0 Å². The van der Waals surface area contributed by atoms with Crippen LogP contribution in [0.3, 0.4) is 0 Å². The lowest BCUT2D eigenvalue weighted by Crippen LogP contribution is -2.13. The van der Waals surface area contributed by atoms with Crippen molar-refractivity contribution in [3.8, 4) is 11.8 Å². The van der Waals surface area contributed by atoms with Crippen molar-refractivity contribution >= 4 is 0 Å². The molecule has 0 radical (unpaired) electrons. The molecule has 0 bridgehead atoms. The number of rotatable bonds is 5. The molecule has 0 spiro atoms. The number of benzene rings is 2. The van der Waals surface area contributed by atoms with Crippen LogP contribution >= 0.6 is 0 Å². The van der Waals surface area contributed by atoms with E-state index in [1.165, 1.54) is 11.1 Å². The molecule has 0 aliphatic rings. The number of nitrogens with one attached hydrogen (secondary N) is 1. The first-order chi connectivity index (χ1) is 9.72. The maximum atomic E-state index is 8.84. The third-order valence-electron chi connectivity index (χ3n) is 3.28. The van der Waals surface area contributed by atoms with Crippen LogP contribution in [-0.2, 0) is 13.1 Å². The molecule has 0 saturated heterocycles. The molecule has 0 fully saturated rings. The zero-order chi connectivity index (χ0) is 14.4. The molecule has 0 aliphatic carbocycles. The van der Waals surface area contributed by atoms with Crippen molar-refractivity contribution in [1.82, 2.24) is 5.32 Å². The molecule has 1 N–H and O–H groups in total. The van der Waals surface area contributed by atoms with E-state index in [4.69, 9.17) is 10.00 Å². The van der Waals surface area contributed by atoms with E-state index in [-0.39, 0.29) is 0 Å². The summed E-state index contributed by atoms with van der Waals surface area (Å²) in [5.41, 5.74) is 4.29. The fourth-order valence-electron chi connectivity index (χ4n) is 2.05. The first-order valence-corrected chi connectivity index (χ1v) is 6.56. The highest BCUT2D eigenvalue weighted by atomic mass is 16.5. The quantitative estimate of drug-likeness (QED) is 0.904. The maximum Gasteiger partial charge on any atom is 0.118 e. The van der Waals surface area contributed by atoms with Crippen LogP contribution in [0, 0.1) is 18.3 Å². The van der Waals surface area contributed by atoms with Gasteiger partial charge in [0.25, 0.3) is 0 Å². The molecule has 2 aromatic rings. The second-order valence-electron chi connectivity index (χ2n) is 4.70. The van der Waals surface area contributed by atoms with Crippen LogP contribution in [-0.4, -0.2) is 7.11 Å². The van der Waals surface area contributed by atoms with Crippen molar-refractivity contribution in [2.75, 3.05) is 7.11 Å². The van der Waals surface area contributed by atoms with Crippen molar-refractivity contribution in [2.24, 2.45) is 0 Å². The highest BCUT2D eigenvalue weighted by Gasteiger charge is 2.00. The Labute approximate surface area is 119 Å². The molecule has 0 saturated carbocycles. The molecule has 102 valence electrons. The lowest BCUT2D eigenvalue weighted by Gasteiger charge is -2.09. The average molecular weight is 266 g/mol. The zero-order valence-electron chi connectivity index (χ0n) is 11.8. The summed E-state index contributed by atoms with van der Waals surface area (Å²) in [5.74, 6) is 0.872. The van der Waals surface area contributed by atoms with Gasteiger partial charge in [0.1, 0.15) is 5.75 Å². The van der Waals surface area contributed by atoms with Gasteiger partial charge in [-0.15, -0.1) is 0 Å². The minimum Gasteiger partial charge on any atom is -0.497 e. The van der Waals surface area contributed by atoms with Gasteiger partial charge in [0.15, 0.2) is 0 Å². The number of aryl methyl sites for hydroxylation is 1. The smallest absolute Gasteiger partial charge is 0.118 e. The number of ether oxygens (including phenoxy) is 1. The lowest BCUT2D eigenvalue weighted by atomic mass is 10.1. The summed E-state index contributed by atoms with van der Waals surface area (Å²) in [6.07, 6.45) is 0. The zero-order valence-corrected chi connectivity index (χ0v) is 11.8. The molecule has 2 rings (SSSR count). The standard InChI is InChI=1S/C17H18N2O/c1-13-9-15(10-18)3-6-16(13)12-19-11-14-4-7-17(20-2)8-5-14/h3-9,19H,11-12H2,1-2H3. The Balaban J connectivity index is 1.91. The highest BCUT2D eigenvalue weighted by molar-refractivity contribution is 5.37. The van der Waals surface area contributed by atoms with Gasteiger partial charge in [-0.05, 0) is 47.9 Å². The minimum atomic E-state index is 0.710. The predicted molar refractivity (Wildman–Crippen MR) is 79.4 cm³/mol. The molecule has 0 aromatic heterocycles. The van der Waals surface area contributed by atoms with Crippen molar-refractivity contribution in [2.45, 2.75) is 20.0 Å². The number of hydrogen-bond donors (Lipinski definition) is 1. The second kappa shape index (κ2) is 6.74. The lowest BCUT2D eigenvalue weighted by molar-refractivity contribution is 0.414. The molecule has 0 unspecified atom stereocenters. The van der Waals surface area contributed by atoms with Crippen molar-refractivity contribution in [1.29, 1.82) is 5.26 Å². The topological polar surface area (TPSA) is 45.0 Å². The van der Waals surface area contributed by atoms with Crippen LogP contribution in [0.2, 0.25) is 0 Å². The summed E-state index contributed by atoms with van der Waals surface area (Å²) in [6.45, 7) is 3.64. The van der Waals surface area contributed by atoms with Crippen molar-refractivity contribution < 1.29 is 4.74 Å². The summed E-state index contributed by atoms with van der Waals surface area (Å²) in [5, 5.41) is 12.3. The Morgan fingerprint density at radius 1 is 1.10 bits per heavy atom. The average Bonchev–Trinajstić information content (AvgIpc) is 2.49. The normalized spacial score (nSPS) is 10.1. The molecule has 2 aromatic carbocycles. The van der Waals surface area contributed by atoms with E-state index >= 15 is 0 Å². The minimum absolute atomic E-state index is 0.710. The number of hydrogen-bond acceptors (Lipinski definition) is 3. The monoisotopic (exact) mass is 266 g/mol. The summed E-state index contributed by atoms with van der Waals surface area (Å²) >= 11 is 0. The van der Waals surface area contributed by atoms with Crippen LogP contribution in [0.1, 0.15) is 22.3 Å². The van der Waals surface area contributed by atoms with Gasteiger partial charge in [0.05, 0.1) is 18.7 Å². The summed E-state index contributed by atoms with van der Waals surface area (Å²) in [6, 6.07) is 16.0. The van der Waals surface area contributed by atoms with Crippen molar-refractivity contribution in [3.05, 3.63) is 64.7 Å². The number of nitrogens with zero attached hydrogens (tertiary/aromatic N) is 1. The first-order valence-electron chi connectivity index (χ1n) is 6.56.